The van der Waals surface area contributed by atoms with E-state index in [1.165, 1.54) is 28.3 Å². The van der Waals surface area contributed by atoms with Crippen LogP contribution in [0.4, 0.5) is 0 Å². The SMILES string of the molecule is COc1cc(C(=O)c2cc(-c3cccc(O)c3)ccc2CC(C)=O)cc(OC)c1OC. The number of hydrogen-bond acceptors (Lipinski definition) is 6. The molecule has 1 N–H and O–H groups in total. The quantitative estimate of drug-likeness (QED) is 0.542. The van der Waals surface area contributed by atoms with Gasteiger partial charge in [0.25, 0.3) is 0 Å². The molecule has 0 unspecified atom stereocenters. The van der Waals surface area contributed by atoms with E-state index in [1.54, 1.807) is 42.5 Å². The molecule has 0 aliphatic heterocycles. The number of phenols is 1. The number of hydrogen-bond donors (Lipinski definition) is 1. The Hall–Kier alpha value is -3.80. The zero-order valence-electron chi connectivity index (χ0n) is 17.9. The van der Waals surface area contributed by atoms with Crippen LogP contribution >= 0.6 is 0 Å². The first kappa shape index (κ1) is 21.9. The van der Waals surface area contributed by atoms with Gasteiger partial charge in [0.05, 0.1) is 21.3 Å². The van der Waals surface area contributed by atoms with Gasteiger partial charge in [0.15, 0.2) is 17.3 Å². The summed E-state index contributed by atoms with van der Waals surface area (Å²) in [6.07, 6.45) is 0.131. The van der Waals surface area contributed by atoms with Crippen LogP contribution in [0.3, 0.4) is 0 Å². The van der Waals surface area contributed by atoms with Crippen molar-refractivity contribution in [1.29, 1.82) is 0 Å². The zero-order valence-corrected chi connectivity index (χ0v) is 17.9. The van der Waals surface area contributed by atoms with E-state index < -0.39 is 0 Å². The monoisotopic (exact) mass is 420 g/mol. The number of benzene rings is 3. The third-order valence-electron chi connectivity index (χ3n) is 4.90. The molecule has 0 fully saturated rings. The molecule has 0 amide bonds. The summed E-state index contributed by atoms with van der Waals surface area (Å²) in [6, 6.07) is 15.3. The van der Waals surface area contributed by atoms with Crippen molar-refractivity contribution in [3.63, 3.8) is 0 Å². The Bertz CT molecular complexity index is 1110. The number of aromatic hydroxyl groups is 1. The Morgan fingerprint density at radius 2 is 1.48 bits per heavy atom. The van der Waals surface area contributed by atoms with Crippen molar-refractivity contribution in [3.05, 3.63) is 71.3 Å². The molecule has 0 aromatic heterocycles. The number of Topliss-reactive ketones (excluding diaryl/α,β-unsaturated/α-hetero) is 1. The van der Waals surface area contributed by atoms with Crippen molar-refractivity contribution in [2.45, 2.75) is 13.3 Å². The molecule has 0 aliphatic carbocycles. The summed E-state index contributed by atoms with van der Waals surface area (Å²) >= 11 is 0. The van der Waals surface area contributed by atoms with Crippen LogP contribution < -0.4 is 14.2 Å². The van der Waals surface area contributed by atoms with Crippen LogP contribution in [0.15, 0.2) is 54.6 Å². The molecule has 6 heteroatoms. The third kappa shape index (κ3) is 4.69. The van der Waals surface area contributed by atoms with Crippen LogP contribution in [0.5, 0.6) is 23.0 Å². The highest BCUT2D eigenvalue weighted by Crippen LogP contribution is 2.39. The minimum atomic E-state index is -0.280. The highest BCUT2D eigenvalue weighted by Gasteiger charge is 2.21. The van der Waals surface area contributed by atoms with E-state index in [4.69, 9.17) is 14.2 Å². The maximum Gasteiger partial charge on any atom is 0.203 e. The van der Waals surface area contributed by atoms with Crippen LogP contribution in [0.2, 0.25) is 0 Å². The van der Waals surface area contributed by atoms with E-state index in [2.05, 4.69) is 0 Å². The topological polar surface area (TPSA) is 82.1 Å². The maximum atomic E-state index is 13.5. The van der Waals surface area contributed by atoms with E-state index in [0.29, 0.717) is 33.9 Å². The molecule has 0 spiro atoms. The van der Waals surface area contributed by atoms with Crippen molar-refractivity contribution < 1.29 is 28.9 Å². The number of carbonyl (C=O) groups excluding carboxylic acids is 2. The highest BCUT2D eigenvalue weighted by atomic mass is 16.5. The first-order valence-corrected chi connectivity index (χ1v) is 9.64. The zero-order chi connectivity index (χ0) is 22.5. The first-order chi connectivity index (χ1) is 14.9. The normalized spacial score (nSPS) is 10.5. The molecule has 0 saturated heterocycles. The van der Waals surface area contributed by atoms with Gasteiger partial charge in [-0.2, -0.15) is 0 Å². The summed E-state index contributed by atoms with van der Waals surface area (Å²) in [5.74, 6) is 0.910. The Kier molecular flexibility index (Phi) is 6.60. The Morgan fingerprint density at radius 1 is 0.839 bits per heavy atom. The van der Waals surface area contributed by atoms with E-state index in [0.717, 1.165) is 11.1 Å². The molecule has 160 valence electrons. The molecule has 0 saturated carbocycles. The standard InChI is InChI=1S/C25H24O6/c1-15(26)10-18-9-8-17(16-6-5-7-20(27)11-16)12-21(18)24(28)19-13-22(29-2)25(31-4)23(14-19)30-3/h5-9,11-14,27H,10H2,1-4H3. The lowest BCUT2D eigenvalue weighted by Gasteiger charge is -2.15. The summed E-state index contributed by atoms with van der Waals surface area (Å²) in [5.41, 5.74) is 2.86. The van der Waals surface area contributed by atoms with Gasteiger partial charge in [-0.3, -0.25) is 9.59 Å². The highest BCUT2D eigenvalue weighted by molar-refractivity contribution is 6.11. The first-order valence-electron chi connectivity index (χ1n) is 9.64. The van der Waals surface area contributed by atoms with Gasteiger partial charge in [-0.05, 0) is 53.9 Å². The van der Waals surface area contributed by atoms with E-state index in [1.807, 2.05) is 12.1 Å². The number of methoxy groups -OCH3 is 3. The van der Waals surface area contributed by atoms with Gasteiger partial charge in [-0.15, -0.1) is 0 Å². The molecule has 0 aliphatic rings. The predicted octanol–water partition coefficient (Wildman–Crippen LogP) is 4.45. The Balaban J connectivity index is 2.16. The maximum absolute atomic E-state index is 13.5. The van der Waals surface area contributed by atoms with Gasteiger partial charge in [0.2, 0.25) is 5.75 Å². The summed E-state index contributed by atoms with van der Waals surface area (Å²) in [6.45, 7) is 1.48. The van der Waals surface area contributed by atoms with Gasteiger partial charge >= 0.3 is 0 Å². The molecular formula is C25H24O6. The number of phenolic OH excluding ortho intramolecular Hbond substituents is 1. The smallest absolute Gasteiger partial charge is 0.203 e. The van der Waals surface area contributed by atoms with E-state index in [-0.39, 0.29) is 23.7 Å². The summed E-state index contributed by atoms with van der Waals surface area (Å²) < 4.78 is 16.1. The molecule has 0 heterocycles. The number of ketones is 2. The molecule has 3 aromatic carbocycles. The molecule has 31 heavy (non-hydrogen) atoms. The summed E-state index contributed by atoms with van der Waals surface area (Å²) in [7, 11) is 4.45. The van der Waals surface area contributed by atoms with Crippen LogP contribution in [0.1, 0.15) is 28.4 Å². The molecule has 0 radical (unpaired) electrons. The fourth-order valence-electron chi connectivity index (χ4n) is 3.44. The van der Waals surface area contributed by atoms with Crippen molar-refractivity contribution in [1.82, 2.24) is 0 Å². The molecule has 0 bridgehead atoms. The van der Waals surface area contributed by atoms with Crippen LogP contribution in [0, 0.1) is 0 Å². The molecule has 3 rings (SSSR count). The third-order valence-corrected chi connectivity index (χ3v) is 4.90. The van der Waals surface area contributed by atoms with Crippen LogP contribution in [-0.2, 0) is 11.2 Å². The van der Waals surface area contributed by atoms with Gasteiger partial charge in [-0.1, -0.05) is 24.3 Å². The van der Waals surface area contributed by atoms with Crippen LogP contribution in [0.25, 0.3) is 11.1 Å². The second-order valence-electron chi connectivity index (χ2n) is 7.04. The fourth-order valence-corrected chi connectivity index (χ4v) is 3.44. The molecule has 0 atom stereocenters. The van der Waals surface area contributed by atoms with Crippen LogP contribution in [-0.4, -0.2) is 38.0 Å². The van der Waals surface area contributed by atoms with Crippen molar-refractivity contribution in [2.75, 3.05) is 21.3 Å². The van der Waals surface area contributed by atoms with E-state index >= 15 is 0 Å². The minimum absolute atomic E-state index is 0.0518. The largest absolute Gasteiger partial charge is 0.508 e. The Labute approximate surface area is 181 Å². The molecular weight excluding hydrogens is 396 g/mol. The van der Waals surface area contributed by atoms with E-state index in [9.17, 15) is 14.7 Å². The average molecular weight is 420 g/mol. The number of carbonyl (C=O) groups is 2. The second-order valence-corrected chi connectivity index (χ2v) is 7.04. The van der Waals surface area contributed by atoms with Gasteiger partial charge < -0.3 is 19.3 Å². The van der Waals surface area contributed by atoms with Gasteiger partial charge in [0.1, 0.15) is 11.5 Å². The predicted molar refractivity (Wildman–Crippen MR) is 117 cm³/mol. The fraction of sp³-hybridized carbons (Fsp3) is 0.200. The molecule has 6 nitrogen and oxygen atoms in total. The van der Waals surface area contributed by atoms with Crippen molar-refractivity contribution in [2.24, 2.45) is 0 Å². The van der Waals surface area contributed by atoms with Crippen molar-refractivity contribution in [3.8, 4) is 34.1 Å². The average Bonchev–Trinajstić information content (AvgIpc) is 2.77. The van der Waals surface area contributed by atoms with Gasteiger partial charge in [0, 0.05) is 17.5 Å². The molecule has 3 aromatic rings. The van der Waals surface area contributed by atoms with Gasteiger partial charge in [-0.25, -0.2) is 0 Å². The lowest BCUT2D eigenvalue weighted by atomic mass is 9.91. The number of ether oxygens (including phenoxy) is 3. The summed E-state index contributed by atoms with van der Waals surface area (Å²) in [4.78, 5) is 25.3. The Morgan fingerprint density at radius 3 is 2.03 bits per heavy atom. The minimum Gasteiger partial charge on any atom is -0.508 e. The lowest BCUT2D eigenvalue weighted by Crippen LogP contribution is -2.09. The lowest BCUT2D eigenvalue weighted by molar-refractivity contribution is -0.116. The second kappa shape index (κ2) is 9.34. The summed E-state index contributed by atoms with van der Waals surface area (Å²) in [5, 5.41) is 9.82. The number of rotatable bonds is 8. The van der Waals surface area contributed by atoms with Crippen molar-refractivity contribution >= 4 is 11.6 Å².